The maximum Gasteiger partial charge on any atom is 0.137 e. The van der Waals surface area contributed by atoms with Crippen LogP contribution in [-0.2, 0) is 0 Å². The zero-order valence-electron chi connectivity index (χ0n) is 20.0. The van der Waals surface area contributed by atoms with Gasteiger partial charge in [0, 0.05) is 50.2 Å². The van der Waals surface area contributed by atoms with Crippen LogP contribution in [0.3, 0.4) is 0 Å². The monoisotopic (exact) mass is 474 g/mol. The molecule has 0 saturated heterocycles. The topological polar surface area (TPSA) is 32.2 Å². The van der Waals surface area contributed by atoms with Gasteiger partial charge in [-0.15, -0.1) is 0 Å². The number of H-pyrrole nitrogens is 1. The van der Waals surface area contributed by atoms with Crippen molar-refractivity contribution in [2.75, 3.05) is 4.90 Å². The first-order chi connectivity index (χ1) is 18.3. The number of aromatic amines is 1. The van der Waals surface area contributed by atoms with Gasteiger partial charge in [0.05, 0.1) is 5.52 Å². The van der Waals surface area contributed by atoms with Crippen LogP contribution in [0, 0.1) is 0 Å². The SMILES string of the molecule is c1ccc(N(c2ccccc2)c2ccc3oc4cc5[nH]c6ccc7ccccc7c6c5cc4c3c2)cc1. The maximum absolute atomic E-state index is 6.35. The highest BCUT2D eigenvalue weighted by atomic mass is 16.3. The molecule has 0 aliphatic carbocycles. The quantitative estimate of drug-likeness (QED) is 0.276. The Morgan fingerprint density at radius 1 is 0.459 bits per heavy atom. The zero-order valence-corrected chi connectivity index (χ0v) is 20.0. The lowest BCUT2D eigenvalue weighted by Gasteiger charge is -2.25. The Labute approximate surface area is 213 Å². The van der Waals surface area contributed by atoms with Crippen LogP contribution in [0.1, 0.15) is 0 Å². The van der Waals surface area contributed by atoms with E-state index >= 15 is 0 Å². The molecule has 0 atom stereocenters. The van der Waals surface area contributed by atoms with E-state index in [9.17, 15) is 0 Å². The molecule has 0 amide bonds. The molecule has 2 heterocycles. The van der Waals surface area contributed by atoms with Gasteiger partial charge in [-0.05, 0) is 65.4 Å². The molecule has 6 aromatic carbocycles. The number of hydrogen-bond acceptors (Lipinski definition) is 2. The fourth-order valence-corrected chi connectivity index (χ4v) is 5.67. The van der Waals surface area contributed by atoms with Crippen molar-refractivity contribution in [2.45, 2.75) is 0 Å². The van der Waals surface area contributed by atoms with Gasteiger partial charge in [-0.3, -0.25) is 0 Å². The largest absolute Gasteiger partial charge is 0.456 e. The molecule has 2 aromatic heterocycles. The smallest absolute Gasteiger partial charge is 0.137 e. The molecule has 0 saturated carbocycles. The average molecular weight is 475 g/mol. The van der Waals surface area contributed by atoms with Crippen molar-refractivity contribution in [3.63, 3.8) is 0 Å². The van der Waals surface area contributed by atoms with Crippen molar-refractivity contribution in [1.82, 2.24) is 4.98 Å². The Balaban J connectivity index is 1.40. The summed E-state index contributed by atoms with van der Waals surface area (Å²) in [5, 5.41) is 7.22. The molecular formula is C34H22N2O. The van der Waals surface area contributed by atoms with Gasteiger partial charge in [0.1, 0.15) is 11.2 Å². The lowest BCUT2D eigenvalue weighted by molar-refractivity contribution is 0.669. The number of nitrogens with one attached hydrogen (secondary N) is 1. The van der Waals surface area contributed by atoms with Gasteiger partial charge in [0.2, 0.25) is 0 Å². The third-order valence-electron chi connectivity index (χ3n) is 7.35. The van der Waals surface area contributed by atoms with Crippen LogP contribution in [0.2, 0.25) is 0 Å². The second kappa shape index (κ2) is 7.74. The normalized spacial score (nSPS) is 11.8. The van der Waals surface area contributed by atoms with Crippen molar-refractivity contribution in [1.29, 1.82) is 0 Å². The van der Waals surface area contributed by atoms with Crippen LogP contribution >= 0.6 is 0 Å². The Morgan fingerprint density at radius 2 is 1.16 bits per heavy atom. The van der Waals surface area contributed by atoms with Gasteiger partial charge >= 0.3 is 0 Å². The predicted molar refractivity (Wildman–Crippen MR) is 155 cm³/mol. The maximum atomic E-state index is 6.35. The molecule has 37 heavy (non-hydrogen) atoms. The molecule has 174 valence electrons. The van der Waals surface area contributed by atoms with Crippen LogP contribution in [0.15, 0.2) is 132 Å². The summed E-state index contributed by atoms with van der Waals surface area (Å²) >= 11 is 0. The summed E-state index contributed by atoms with van der Waals surface area (Å²) in [7, 11) is 0. The Bertz CT molecular complexity index is 2050. The van der Waals surface area contributed by atoms with Gasteiger partial charge in [-0.1, -0.05) is 66.7 Å². The summed E-state index contributed by atoms with van der Waals surface area (Å²) in [6.07, 6.45) is 0. The minimum atomic E-state index is 0.890. The summed E-state index contributed by atoms with van der Waals surface area (Å²) in [5.41, 5.74) is 7.34. The zero-order chi connectivity index (χ0) is 24.3. The standard InChI is InChI=1S/C34H22N2O/c1-3-10-23(11-4-1)36(24-12-5-2-6-13-24)25-16-18-32-27(19-25)28-20-29-31(21-33(28)37-32)35-30-17-15-22-9-7-8-14-26(22)34(29)30/h1-21,35H. The minimum Gasteiger partial charge on any atom is -0.456 e. The number of para-hydroxylation sites is 2. The Hall–Kier alpha value is -5.02. The van der Waals surface area contributed by atoms with Gasteiger partial charge in [-0.2, -0.15) is 0 Å². The fraction of sp³-hybridized carbons (Fsp3) is 0. The van der Waals surface area contributed by atoms with E-state index in [1.807, 2.05) is 0 Å². The van der Waals surface area contributed by atoms with Crippen LogP contribution < -0.4 is 4.90 Å². The number of nitrogens with zero attached hydrogens (tertiary/aromatic N) is 1. The molecule has 0 spiro atoms. The van der Waals surface area contributed by atoms with Crippen molar-refractivity contribution in [3.05, 3.63) is 127 Å². The number of hydrogen-bond donors (Lipinski definition) is 1. The summed E-state index contributed by atoms with van der Waals surface area (Å²) in [6.45, 7) is 0. The van der Waals surface area contributed by atoms with E-state index in [0.717, 1.165) is 50.0 Å². The Morgan fingerprint density at radius 3 is 1.95 bits per heavy atom. The number of aromatic nitrogens is 1. The van der Waals surface area contributed by atoms with Crippen molar-refractivity contribution in [2.24, 2.45) is 0 Å². The van der Waals surface area contributed by atoms with E-state index in [0.29, 0.717) is 0 Å². The first kappa shape index (κ1) is 20.2. The minimum absolute atomic E-state index is 0.890. The van der Waals surface area contributed by atoms with Crippen LogP contribution in [0.5, 0.6) is 0 Å². The van der Waals surface area contributed by atoms with Crippen LogP contribution in [0.4, 0.5) is 17.1 Å². The summed E-state index contributed by atoms with van der Waals surface area (Å²) < 4.78 is 6.35. The van der Waals surface area contributed by atoms with Gasteiger partial charge in [0.25, 0.3) is 0 Å². The highest BCUT2D eigenvalue weighted by Crippen LogP contribution is 2.41. The molecule has 1 N–H and O–H groups in total. The lowest BCUT2D eigenvalue weighted by atomic mass is 10.0. The van der Waals surface area contributed by atoms with Crippen molar-refractivity contribution >= 4 is 71.6 Å². The number of benzene rings is 6. The van der Waals surface area contributed by atoms with E-state index in [-0.39, 0.29) is 0 Å². The van der Waals surface area contributed by atoms with Crippen LogP contribution in [0.25, 0.3) is 54.5 Å². The molecular weight excluding hydrogens is 452 g/mol. The molecule has 8 rings (SSSR count). The second-order valence-electron chi connectivity index (χ2n) is 9.52. The third-order valence-corrected chi connectivity index (χ3v) is 7.35. The molecule has 0 bridgehead atoms. The number of rotatable bonds is 3. The van der Waals surface area contributed by atoms with Crippen molar-refractivity contribution in [3.8, 4) is 0 Å². The average Bonchev–Trinajstić information content (AvgIpc) is 3.50. The number of anilines is 3. The molecule has 0 aliphatic heterocycles. The van der Waals surface area contributed by atoms with E-state index in [1.54, 1.807) is 0 Å². The van der Waals surface area contributed by atoms with E-state index < -0.39 is 0 Å². The van der Waals surface area contributed by atoms with Crippen molar-refractivity contribution < 1.29 is 4.42 Å². The molecule has 0 unspecified atom stereocenters. The highest BCUT2D eigenvalue weighted by molar-refractivity contribution is 6.23. The Kier molecular flexibility index (Phi) is 4.23. The third kappa shape index (κ3) is 3.08. The fourth-order valence-electron chi connectivity index (χ4n) is 5.67. The number of furan rings is 1. The molecule has 3 nitrogen and oxygen atoms in total. The second-order valence-corrected chi connectivity index (χ2v) is 9.52. The number of fused-ring (bicyclic) bond motifs is 8. The predicted octanol–water partition coefficient (Wildman–Crippen LogP) is 9.84. The summed E-state index contributed by atoms with van der Waals surface area (Å²) in [5.74, 6) is 0. The molecule has 8 aromatic rings. The summed E-state index contributed by atoms with van der Waals surface area (Å²) in [4.78, 5) is 5.90. The highest BCUT2D eigenvalue weighted by Gasteiger charge is 2.17. The van der Waals surface area contributed by atoms with E-state index in [4.69, 9.17) is 4.42 Å². The molecule has 0 radical (unpaired) electrons. The van der Waals surface area contributed by atoms with Gasteiger partial charge < -0.3 is 14.3 Å². The van der Waals surface area contributed by atoms with E-state index in [1.165, 1.54) is 21.5 Å². The first-order valence-electron chi connectivity index (χ1n) is 12.5. The van der Waals surface area contributed by atoms with Gasteiger partial charge in [-0.25, -0.2) is 0 Å². The molecule has 0 fully saturated rings. The van der Waals surface area contributed by atoms with Gasteiger partial charge in [0.15, 0.2) is 0 Å². The van der Waals surface area contributed by atoms with E-state index in [2.05, 4.69) is 137 Å². The molecule has 0 aliphatic rings. The van der Waals surface area contributed by atoms with Crippen LogP contribution in [-0.4, -0.2) is 4.98 Å². The summed E-state index contributed by atoms with van der Waals surface area (Å²) in [6, 6.07) is 44.8. The first-order valence-corrected chi connectivity index (χ1v) is 12.5. The molecule has 3 heteroatoms. The lowest BCUT2D eigenvalue weighted by Crippen LogP contribution is -2.09.